The molecule has 0 radical (unpaired) electrons. The van der Waals surface area contributed by atoms with Crippen LogP contribution in [0, 0.1) is 11.8 Å². The minimum absolute atomic E-state index is 0.0866. The summed E-state index contributed by atoms with van der Waals surface area (Å²) in [5, 5.41) is 3.54. The topological polar surface area (TPSA) is 21.3 Å². The second-order valence-electron chi connectivity index (χ2n) is 6.42. The highest BCUT2D eigenvalue weighted by molar-refractivity contribution is 4.96. The molecule has 1 aliphatic rings. The molecule has 0 aromatic rings. The molecular formula is C16H33NO. The molecule has 0 aromatic carbocycles. The maximum Gasteiger partial charge on any atom is 0.0831 e. The first-order valence-electron chi connectivity index (χ1n) is 7.80. The molecule has 0 amide bonds. The molecule has 0 aromatic heterocycles. The van der Waals surface area contributed by atoms with E-state index in [0.29, 0.717) is 6.04 Å². The zero-order chi connectivity index (χ0) is 13.6. The van der Waals surface area contributed by atoms with E-state index < -0.39 is 0 Å². The Balaban J connectivity index is 2.64. The predicted octanol–water partition coefficient (Wildman–Crippen LogP) is 4.00. The van der Waals surface area contributed by atoms with Gasteiger partial charge >= 0.3 is 0 Å². The molecule has 1 aliphatic carbocycles. The summed E-state index contributed by atoms with van der Waals surface area (Å²) in [5.41, 5.74) is 0.0866. The van der Waals surface area contributed by atoms with Gasteiger partial charge in [-0.1, -0.05) is 33.6 Å². The summed E-state index contributed by atoms with van der Waals surface area (Å²) in [7, 11) is 4.01. The van der Waals surface area contributed by atoms with Gasteiger partial charge in [-0.15, -0.1) is 0 Å². The molecule has 1 saturated carbocycles. The van der Waals surface area contributed by atoms with Crippen molar-refractivity contribution in [1.29, 1.82) is 0 Å². The van der Waals surface area contributed by atoms with Crippen LogP contribution in [0.4, 0.5) is 0 Å². The lowest BCUT2D eigenvalue weighted by atomic mass is 9.73. The van der Waals surface area contributed by atoms with Gasteiger partial charge in [-0.05, 0) is 51.0 Å². The van der Waals surface area contributed by atoms with E-state index in [1.807, 2.05) is 7.11 Å². The lowest BCUT2D eigenvalue weighted by Gasteiger charge is -2.45. The van der Waals surface area contributed by atoms with Crippen LogP contribution in [-0.4, -0.2) is 25.8 Å². The van der Waals surface area contributed by atoms with Crippen molar-refractivity contribution in [2.24, 2.45) is 11.8 Å². The van der Waals surface area contributed by atoms with E-state index in [1.165, 1.54) is 44.9 Å². The second kappa shape index (κ2) is 7.49. The van der Waals surface area contributed by atoms with Crippen LogP contribution in [0.5, 0.6) is 0 Å². The van der Waals surface area contributed by atoms with E-state index in [2.05, 4.69) is 33.1 Å². The molecule has 2 nitrogen and oxygen atoms in total. The van der Waals surface area contributed by atoms with E-state index >= 15 is 0 Å². The summed E-state index contributed by atoms with van der Waals surface area (Å²) in [6, 6.07) is 0.511. The van der Waals surface area contributed by atoms with Crippen LogP contribution in [0.2, 0.25) is 0 Å². The SMILES string of the molecule is CCCC(C)CC(NC)C1(OC)CCC(C)CC1. The summed E-state index contributed by atoms with van der Waals surface area (Å²) < 4.78 is 6.00. The number of hydrogen-bond acceptors (Lipinski definition) is 2. The van der Waals surface area contributed by atoms with Crippen molar-refractivity contribution in [2.75, 3.05) is 14.2 Å². The van der Waals surface area contributed by atoms with Crippen LogP contribution >= 0.6 is 0 Å². The van der Waals surface area contributed by atoms with E-state index in [4.69, 9.17) is 4.74 Å². The molecular weight excluding hydrogens is 222 g/mol. The molecule has 108 valence electrons. The third-order valence-corrected chi connectivity index (χ3v) is 4.93. The molecule has 1 rings (SSSR count). The Labute approximate surface area is 114 Å². The average molecular weight is 255 g/mol. The fourth-order valence-corrected chi connectivity index (χ4v) is 3.55. The van der Waals surface area contributed by atoms with Gasteiger partial charge in [0.1, 0.15) is 0 Å². The Bertz CT molecular complexity index is 221. The standard InChI is InChI=1S/C16H33NO/c1-6-7-14(3)12-15(17-4)16(18-5)10-8-13(2)9-11-16/h13-15,17H,6-12H2,1-5H3. The van der Waals surface area contributed by atoms with Gasteiger partial charge < -0.3 is 10.1 Å². The maximum atomic E-state index is 6.00. The van der Waals surface area contributed by atoms with Crippen molar-refractivity contribution in [3.63, 3.8) is 0 Å². The first kappa shape index (κ1) is 16.0. The summed E-state index contributed by atoms with van der Waals surface area (Å²) in [6.07, 6.45) is 8.92. The van der Waals surface area contributed by atoms with Crippen molar-refractivity contribution in [3.8, 4) is 0 Å². The average Bonchev–Trinajstić information content (AvgIpc) is 2.38. The van der Waals surface area contributed by atoms with Crippen LogP contribution in [0.25, 0.3) is 0 Å². The Morgan fingerprint density at radius 1 is 1.33 bits per heavy atom. The van der Waals surface area contributed by atoms with Gasteiger partial charge in [0.2, 0.25) is 0 Å². The smallest absolute Gasteiger partial charge is 0.0831 e. The second-order valence-corrected chi connectivity index (χ2v) is 6.42. The third kappa shape index (κ3) is 3.96. The van der Waals surface area contributed by atoms with Gasteiger partial charge in [-0.25, -0.2) is 0 Å². The maximum absolute atomic E-state index is 6.00. The van der Waals surface area contributed by atoms with Gasteiger partial charge in [0, 0.05) is 13.2 Å². The molecule has 2 unspecified atom stereocenters. The molecule has 2 atom stereocenters. The van der Waals surface area contributed by atoms with Crippen LogP contribution in [0.3, 0.4) is 0 Å². The number of rotatable bonds is 7. The minimum Gasteiger partial charge on any atom is -0.377 e. The lowest BCUT2D eigenvalue weighted by Crippen LogP contribution is -2.53. The normalized spacial score (nSPS) is 32.2. The van der Waals surface area contributed by atoms with Crippen molar-refractivity contribution in [3.05, 3.63) is 0 Å². The van der Waals surface area contributed by atoms with Gasteiger partial charge in [-0.3, -0.25) is 0 Å². The number of nitrogens with one attached hydrogen (secondary N) is 1. The van der Waals surface area contributed by atoms with Gasteiger partial charge in [0.15, 0.2) is 0 Å². The summed E-state index contributed by atoms with van der Waals surface area (Å²) >= 11 is 0. The Kier molecular flexibility index (Phi) is 6.65. The van der Waals surface area contributed by atoms with Gasteiger partial charge in [-0.2, -0.15) is 0 Å². The fourth-order valence-electron chi connectivity index (χ4n) is 3.55. The summed E-state index contributed by atoms with van der Waals surface area (Å²) in [6.45, 7) is 7.02. The monoisotopic (exact) mass is 255 g/mol. The number of ether oxygens (including phenoxy) is 1. The van der Waals surface area contributed by atoms with Crippen LogP contribution < -0.4 is 5.32 Å². The number of methoxy groups -OCH3 is 1. The molecule has 2 heteroatoms. The van der Waals surface area contributed by atoms with Crippen molar-refractivity contribution >= 4 is 0 Å². The molecule has 0 aliphatic heterocycles. The summed E-state index contributed by atoms with van der Waals surface area (Å²) in [5.74, 6) is 1.66. The van der Waals surface area contributed by atoms with Crippen molar-refractivity contribution in [2.45, 2.75) is 77.4 Å². The van der Waals surface area contributed by atoms with E-state index in [0.717, 1.165) is 11.8 Å². The first-order chi connectivity index (χ1) is 8.57. The zero-order valence-electron chi connectivity index (χ0n) is 13.1. The molecule has 1 N–H and O–H groups in total. The molecule has 18 heavy (non-hydrogen) atoms. The van der Waals surface area contributed by atoms with Crippen LogP contribution in [-0.2, 0) is 4.74 Å². The lowest BCUT2D eigenvalue weighted by molar-refractivity contribution is -0.0777. The predicted molar refractivity (Wildman–Crippen MR) is 78.9 cm³/mol. The summed E-state index contributed by atoms with van der Waals surface area (Å²) in [4.78, 5) is 0. The molecule has 0 heterocycles. The molecule has 0 saturated heterocycles. The van der Waals surface area contributed by atoms with Crippen LogP contribution in [0.1, 0.15) is 65.7 Å². The van der Waals surface area contributed by atoms with Gasteiger partial charge in [0.05, 0.1) is 5.60 Å². The fraction of sp³-hybridized carbons (Fsp3) is 1.00. The molecule has 1 fully saturated rings. The van der Waals surface area contributed by atoms with Gasteiger partial charge in [0.25, 0.3) is 0 Å². The van der Waals surface area contributed by atoms with Crippen molar-refractivity contribution in [1.82, 2.24) is 5.32 Å². The highest BCUT2D eigenvalue weighted by Crippen LogP contribution is 2.38. The first-order valence-corrected chi connectivity index (χ1v) is 7.80. The van der Waals surface area contributed by atoms with E-state index in [9.17, 15) is 0 Å². The zero-order valence-corrected chi connectivity index (χ0v) is 13.1. The van der Waals surface area contributed by atoms with E-state index in [1.54, 1.807) is 0 Å². The number of hydrogen-bond donors (Lipinski definition) is 1. The highest BCUT2D eigenvalue weighted by atomic mass is 16.5. The highest BCUT2D eigenvalue weighted by Gasteiger charge is 2.41. The third-order valence-electron chi connectivity index (χ3n) is 4.93. The Hall–Kier alpha value is -0.0800. The molecule has 0 bridgehead atoms. The molecule has 0 spiro atoms. The Morgan fingerprint density at radius 3 is 2.39 bits per heavy atom. The van der Waals surface area contributed by atoms with Crippen LogP contribution in [0.15, 0.2) is 0 Å². The largest absolute Gasteiger partial charge is 0.377 e. The van der Waals surface area contributed by atoms with Crippen molar-refractivity contribution < 1.29 is 4.74 Å². The quantitative estimate of drug-likeness (QED) is 0.742. The Morgan fingerprint density at radius 2 is 1.94 bits per heavy atom. The van der Waals surface area contributed by atoms with E-state index in [-0.39, 0.29) is 5.60 Å². The number of likely N-dealkylation sites (N-methyl/N-ethyl adjacent to an activating group) is 1. The minimum atomic E-state index is 0.0866.